The van der Waals surface area contributed by atoms with Crippen molar-refractivity contribution in [2.75, 3.05) is 6.54 Å². The maximum atomic E-state index is 4.26. The second kappa shape index (κ2) is 4.35. The fraction of sp³-hybridized carbons (Fsp3) is 0.750. The van der Waals surface area contributed by atoms with Gasteiger partial charge in [-0.05, 0) is 37.3 Å². The molecule has 2 rings (SSSR count). The number of aromatic nitrogens is 2. The van der Waals surface area contributed by atoms with E-state index < -0.39 is 0 Å². The zero-order chi connectivity index (χ0) is 10.8. The van der Waals surface area contributed by atoms with Gasteiger partial charge < -0.3 is 5.32 Å². The van der Waals surface area contributed by atoms with Crippen LogP contribution >= 0.6 is 0 Å². The highest BCUT2D eigenvalue weighted by molar-refractivity contribution is 5.12. The number of aryl methyl sites for hydroxylation is 1. The Morgan fingerprint density at radius 3 is 2.87 bits per heavy atom. The normalized spacial score (nSPS) is 26.6. The van der Waals surface area contributed by atoms with E-state index in [0.717, 1.165) is 18.4 Å². The Kier molecular flexibility index (Phi) is 3.10. The summed E-state index contributed by atoms with van der Waals surface area (Å²) < 4.78 is 2.00. The molecule has 1 aliphatic carbocycles. The molecule has 84 valence electrons. The van der Waals surface area contributed by atoms with Gasteiger partial charge in [0.15, 0.2) is 0 Å². The zero-order valence-corrected chi connectivity index (χ0v) is 9.90. The van der Waals surface area contributed by atoms with Crippen molar-refractivity contribution in [3.63, 3.8) is 0 Å². The van der Waals surface area contributed by atoms with Gasteiger partial charge in [0.25, 0.3) is 0 Å². The third kappa shape index (κ3) is 2.23. The SMILES string of the molecule is CCCNC(c1ccnn1C)C1CC1C. The maximum Gasteiger partial charge on any atom is 0.0553 e. The minimum atomic E-state index is 0.507. The first-order valence-electron chi connectivity index (χ1n) is 5.95. The Bertz CT molecular complexity index is 318. The topological polar surface area (TPSA) is 29.9 Å². The van der Waals surface area contributed by atoms with Crippen LogP contribution in [0.3, 0.4) is 0 Å². The largest absolute Gasteiger partial charge is 0.308 e. The highest BCUT2D eigenvalue weighted by atomic mass is 15.3. The first-order chi connectivity index (χ1) is 7.24. The third-order valence-corrected chi connectivity index (χ3v) is 3.39. The summed E-state index contributed by atoms with van der Waals surface area (Å²) >= 11 is 0. The molecule has 0 saturated heterocycles. The molecule has 3 nitrogen and oxygen atoms in total. The predicted octanol–water partition coefficient (Wildman–Crippen LogP) is 2.12. The number of rotatable bonds is 5. The van der Waals surface area contributed by atoms with E-state index in [1.54, 1.807) is 0 Å². The van der Waals surface area contributed by atoms with Gasteiger partial charge in [-0.1, -0.05) is 13.8 Å². The van der Waals surface area contributed by atoms with Crippen LogP contribution in [-0.4, -0.2) is 16.3 Å². The van der Waals surface area contributed by atoms with E-state index in [0.29, 0.717) is 6.04 Å². The zero-order valence-electron chi connectivity index (χ0n) is 9.90. The van der Waals surface area contributed by atoms with E-state index in [1.165, 1.54) is 18.5 Å². The summed E-state index contributed by atoms with van der Waals surface area (Å²) in [4.78, 5) is 0. The van der Waals surface area contributed by atoms with E-state index in [-0.39, 0.29) is 0 Å². The molecule has 0 aliphatic heterocycles. The molecule has 1 aliphatic rings. The lowest BCUT2D eigenvalue weighted by Crippen LogP contribution is -2.26. The average molecular weight is 207 g/mol. The molecule has 3 heteroatoms. The highest BCUT2D eigenvalue weighted by Crippen LogP contribution is 2.46. The van der Waals surface area contributed by atoms with E-state index in [1.807, 2.05) is 17.9 Å². The highest BCUT2D eigenvalue weighted by Gasteiger charge is 2.40. The molecule has 1 heterocycles. The lowest BCUT2D eigenvalue weighted by atomic mass is 10.1. The van der Waals surface area contributed by atoms with Crippen molar-refractivity contribution in [2.45, 2.75) is 32.7 Å². The fourth-order valence-electron chi connectivity index (χ4n) is 2.28. The van der Waals surface area contributed by atoms with Crippen molar-refractivity contribution in [3.8, 4) is 0 Å². The molecular formula is C12H21N3. The quantitative estimate of drug-likeness (QED) is 0.801. The van der Waals surface area contributed by atoms with Gasteiger partial charge in [0.1, 0.15) is 0 Å². The number of hydrogen-bond donors (Lipinski definition) is 1. The molecule has 1 aromatic heterocycles. The van der Waals surface area contributed by atoms with E-state index in [2.05, 4.69) is 30.3 Å². The molecule has 1 aromatic rings. The van der Waals surface area contributed by atoms with Crippen LogP contribution in [0.5, 0.6) is 0 Å². The first-order valence-corrected chi connectivity index (χ1v) is 5.95. The Balaban J connectivity index is 2.08. The summed E-state index contributed by atoms with van der Waals surface area (Å²) in [7, 11) is 2.03. The molecule has 0 aromatic carbocycles. The van der Waals surface area contributed by atoms with E-state index in [9.17, 15) is 0 Å². The van der Waals surface area contributed by atoms with E-state index in [4.69, 9.17) is 0 Å². The van der Waals surface area contributed by atoms with Crippen LogP contribution in [0.4, 0.5) is 0 Å². The molecule has 1 saturated carbocycles. The Labute approximate surface area is 91.9 Å². The van der Waals surface area contributed by atoms with Crippen LogP contribution < -0.4 is 5.32 Å². The summed E-state index contributed by atoms with van der Waals surface area (Å²) in [5.41, 5.74) is 1.33. The van der Waals surface area contributed by atoms with Gasteiger partial charge in [0.2, 0.25) is 0 Å². The monoisotopic (exact) mass is 207 g/mol. The van der Waals surface area contributed by atoms with Gasteiger partial charge in [-0.3, -0.25) is 4.68 Å². The molecule has 15 heavy (non-hydrogen) atoms. The minimum absolute atomic E-state index is 0.507. The number of nitrogens with one attached hydrogen (secondary N) is 1. The Morgan fingerprint density at radius 2 is 2.40 bits per heavy atom. The van der Waals surface area contributed by atoms with Gasteiger partial charge in [-0.25, -0.2) is 0 Å². The molecule has 1 fully saturated rings. The third-order valence-electron chi connectivity index (χ3n) is 3.39. The fourth-order valence-corrected chi connectivity index (χ4v) is 2.28. The summed E-state index contributed by atoms with van der Waals surface area (Å²) in [6.07, 6.45) is 4.44. The second-order valence-electron chi connectivity index (χ2n) is 4.69. The molecule has 0 bridgehead atoms. The lowest BCUT2D eigenvalue weighted by Gasteiger charge is -2.18. The summed E-state index contributed by atoms with van der Waals surface area (Å²) in [5.74, 6) is 1.68. The van der Waals surface area contributed by atoms with Crippen LogP contribution in [0.2, 0.25) is 0 Å². The molecule has 0 spiro atoms. The van der Waals surface area contributed by atoms with Crippen molar-refractivity contribution < 1.29 is 0 Å². The molecule has 0 amide bonds. The molecular weight excluding hydrogens is 186 g/mol. The van der Waals surface area contributed by atoms with Gasteiger partial charge in [-0.15, -0.1) is 0 Å². The smallest absolute Gasteiger partial charge is 0.0553 e. The summed E-state index contributed by atoms with van der Waals surface area (Å²) in [6, 6.07) is 2.64. The predicted molar refractivity (Wildman–Crippen MR) is 61.5 cm³/mol. The van der Waals surface area contributed by atoms with Gasteiger partial charge in [-0.2, -0.15) is 5.10 Å². The molecule has 3 atom stereocenters. The first kappa shape index (κ1) is 10.7. The van der Waals surface area contributed by atoms with Crippen molar-refractivity contribution in [1.29, 1.82) is 0 Å². The maximum absolute atomic E-state index is 4.26. The van der Waals surface area contributed by atoms with Crippen LogP contribution in [0.1, 0.15) is 38.4 Å². The van der Waals surface area contributed by atoms with Crippen molar-refractivity contribution in [2.24, 2.45) is 18.9 Å². The Morgan fingerprint density at radius 1 is 1.67 bits per heavy atom. The van der Waals surface area contributed by atoms with Crippen LogP contribution in [0.25, 0.3) is 0 Å². The lowest BCUT2D eigenvalue weighted by molar-refractivity contribution is 0.435. The van der Waals surface area contributed by atoms with Crippen LogP contribution in [0, 0.1) is 11.8 Å². The van der Waals surface area contributed by atoms with Gasteiger partial charge >= 0.3 is 0 Å². The van der Waals surface area contributed by atoms with Gasteiger partial charge in [0.05, 0.1) is 11.7 Å². The molecule has 3 unspecified atom stereocenters. The minimum Gasteiger partial charge on any atom is -0.308 e. The second-order valence-corrected chi connectivity index (χ2v) is 4.69. The number of hydrogen-bond acceptors (Lipinski definition) is 2. The van der Waals surface area contributed by atoms with Crippen molar-refractivity contribution in [3.05, 3.63) is 18.0 Å². The molecule has 0 radical (unpaired) electrons. The summed E-state index contributed by atoms with van der Waals surface area (Å²) in [6.45, 7) is 5.64. The van der Waals surface area contributed by atoms with Crippen LogP contribution in [0.15, 0.2) is 12.3 Å². The Hall–Kier alpha value is -0.830. The van der Waals surface area contributed by atoms with Crippen molar-refractivity contribution >= 4 is 0 Å². The van der Waals surface area contributed by atoms with Crippen molar-refractivity contribution in [1.82, 2.24) is 15.1 Å². The number of nitrogens with zero attached hydrogens (tertiary/aromatic N) is 2. The van der Waals surface area contributed by atoms with Gasteiger partial charge in [0, 0.05) is 13.2 Å². The summed E-state index contributed by atoms with van der Waals surface area (Å²) in [5, 5.41) is 7.90. The molecule has 1 N–H and O–H groups in total. The van der Waals surface area contributed by atoms with Crippen LogP contribution in [-0.2, 0) is 7.05 Å². The standard InChI is InChI=1S/C12H21N3/c1-4-6-13-12(10-8-9(10)2)11-5-7-14-15(11)3/h5,7,9-10,12-13H,4,6,8H2,1-3H3. The van der Waals surface area contributed by atoms with E-state index >= 15 is 0 Å². The average Bonchev–Trinajstić information content (AvgIpc) is 2.77.